The Balaban J connectivity index is 4.38. The Morgan fingerprint density at radius 3 is 1.69 bits per heavy atom. The molecule has 0 saturated heterocycles. The molecular weight excluding hydrogens is 192 g/mol. The van der Waals surface area contributed by atoms with Gasteiger partial charge in [0.2, 0.25) is 0 Å². The molecule has 1 unspecified atom stereocenters. The van der Waals surface area contributed by atoms with Crippen molar-refractivity contribution in [1.82, 2.24) is 0 Å². The average molecular weight is 226 g/mol. The zero-order chi connectivity index (χ0) is 12.4. The normalized spacial score (nSPS) is 15.4. The van der Waals surface area contributed by atoms with Crippen LogP contribution in [-0.4, -0.2) is 0 Å². The molecule has 0 nitrogen and oxygen atoms in total. The predicted octanol–water partition coefficient (Wildman–Crippen LogP) is 6.20. The highest BCUT2D eigenvalue weighted by molar-refractivity contribution is 4.82. The van der Waals surface area contributed by atoms with Crippen LogP contribution in [0.4, 0.5) is 0 Å². The third-order valence-corrected chi connectivity index (χ3v) is 4.28. The van der Waals surface area contributed by atoms with Gasteiger partial charge in [0.1, 0.15) is 0 Å². The molecular formula is C16H34. The standard InChI is InChI=1S/C16H34/c1-6-9-11-14-16(12-8-3,15(4)5)13-10-7-2/h15H,6-14H2,1-5H3. The van der Waals surface area contributed by atoms with E-state index in [1.54, 1.807) is 0 Å². The van der Waals surface area contributed by atoms with Crippen molar-refractivity contribution in [3.05, 3.63) is 0 Å². The van der Waals surface area contributed by atoms with Gasteiger partial charge in [0, 0.05) is 0 Å². The molecule has 0 aromatic heterocycles. The van der Waals surface area contributed by atoms with Crippen LogP contribution in [0.1, 0.15) is 92.4 Å². The van der Waals surface area contributed by atoms with E-state index in [1.165, 1.54) is 57.8 Å². The first-order valence-corrected chi connectivity index (χ1v) is 7.63. The maximum Gasteiger partial charge on any atom is -0.0275 e. The summed E-state index contributed by atoms with van der Waals surface area (Å²) in [7, 11) is 0. The van der Waals surface area contributed by atoms with Crippen LogP contribution in [0.5, 0.6) is 0 Å². The highest BCUT2D eigenvalue weighted by Crippen LogP contribution is 2.42. The monoisotopic (exact) mass is 226 g/mol. The first kappa shape index (κ1) is 16.0. The summed E-state index contributed by atoms with van der Waals surface area (Å²) in [4.78, 5) is 0. The Morgan fingerprint density at radius 2 is 1.25 bits per heavy atom. The van der Waals surface area contributed by atoms with Gasteiger partial charge in [0.25, 0.3) is 0 Å². The largest absolute Gasteiger partial charge is 0.0654 e. The van der Waals surface area contributed by atoms with E-state index in [4.69, 9.17) is 0 Å². The van der Waals surface area contributed by atoms with E-state index in [0.29, 0.717) is 5.41 Å². The zero-order valence-electron chi connectivity index (χ0n) is 12.4. The van der Waals surface area contributed by atoms with Gasteiger partial charge >= 0.3 is 0 Å². The lowest BCUT2D eigenvalue weighted by Gasteiger charge is -2.38. The van der Waals surface area contributed by atoms with Gasteiger partial charge in [-0.2, -0.15) is 0 Å². The van der Waals surface area contributed by atoms with Gasteiger partial charge in [-0.25, -0.2) is 0 Å². The molecule has 98 valence electrons. The van der Waals surface area contributed by atoms with E-state index in [0.717, 1.165) is 5.92 Å². The van der Waals surface area contributed by atoms with Crippen LogP contribution in [0.15, 0.2) is 0 Å². The van der Waals surface area contributed by atoms with Gasteiger partial charge in [-0.3, -0.25) is 0 Å². The molecule has 0 aromatic rings. The molecule has 0 aliphatic carbocycles. The Morgan fingerprint density at radius 1 is 0.688 bits per heavy atom. The molecule has 0 aliphatic rings. The minimum atomic E-state index is 0.653. The summed E-state index contributed by atoms with van der Waals surface area (Å²) in [6, 6.07) is 0. The topological polar surface area (TPSA) is 0 Å². The van der Waals surface area contributed by atoms with E-state index < -0.39 is 0 Å². The first-order chi connectivity index (χ1) is 7.63. The Kier molecular flexibility index (Phi) is 9.07. The first-order valence-electron chi connectivity index (χ1n) is 7.63. The summed E-state index contributed by atoms with van der Waals surface area (Å²) >= 11 is 0. The van der Waals surface area contributed by atoms with Gasteiger partial charge in [-0.15, -0.1) is 0 Å². The third kappa shape index (κ3) is 5.37. The Hall–Kier alpha value is 0. The summed E-state index contributed by atoms with van der Waals surface area (Å²) in [5.74, 6) is 0.857. The number of hydrogen-bond acceptors (Lipinski definition) is 0. The lowest BCUT2D eigenvalue weighted by atomic mass is 9.67. The van der Waals surface area contributed by atoms with Crippen LogP contribution < -0.4 is 0 Å². The summed E-state index contributed by atoms with van der Waals surface area (Å²) in [6.07, 6.45) is 12.7. The molecule has 0 amide bonds. The van der Waals surface area contributed by atoms with Crippen molar-refractivity contribution in [2.24, 2.45) is 11.3 Å². The molecule has 0 rings (SSSR count). The third-order valence-electron chi connectivity index (χ3n) is 4.28. The van der Waals surface area contributed by atoms with Gasteiger partial charge in [0.15, 0.2) is 0 Å². The van der Waals surface area contributed by atoms with Crippen molar-refractivity contribution in [3.63, 3.8) is 0 Å². The van der Waals surface area contributed by atoms with Gasteiger partial charge in [-0.05, 0) is 30.6 Å². The van der Waals surface area contributed by atoms with Crippen LogP contribution >= 0.6 is 0 Å². The van der Waals surface area contributed by atoms with Crippen LogP contribution in [0.25, 0.3) is 0 Å². The van der Waals surface area contributed by atoms with Crippen LogP contribution in [0.2, 0.25) is 0 Å². The van der Waals surface area contributed by atoms with E-state index in [-0.39, 0.29) is 0 Å². The van der Waals surface area contributed by atoms with Crippen LogP contribution in [0.3, 0.4) is 0 Å². The van der Waals surface area contributed by atoms with E-state index in [1.807, 2.05) is 0 Å². The summed E-state index contributed by atoms with van der Waals surface area (Å²) in [6.45, 7) is 11.9. The molecule has 0 spiro atoms. The Bertz CT molecular complexity index is 148. The van der Waals surface area contributed by atoms with Crippen LogP contribution in [-0.2, 0) is 0 Å². The van der Waals surface area contributed by atoms with Crippen LogP contribution in [0, 0.1) is 11.3 Å². The quantitative estimate of drug-likeness (QED) is 0.389. The van der Waals surface area contributed by atoms with Crippen molar-refractivity contribution >= 4 is 0 Å². The lowest BCUT2D eigenvalue weighted by Crippen LogP contribution is -2.27. The number of rotatable bonds is 10. The summed E-state index contributed by atoms with van der Waals surface area (Å²) in [5, 5.41) is 0. The molecule has 0 saturated carbocycles. The molecule has 16 heavy (non-hydrogen) atoms. The second kappa shape index (κ2) is 9.07. The molecule has 0 radical (unpaired) electrons. The fraction of sp³-hybridized carbons (Fsp3) is 1.00. The second-order valence-electron chi connectivity index (χ2n) is 5.83. The zero-order valence-corrected chi connectivity index (χ0v) is 12.4. The van der Waals surface area contributed by atoms with E-state index >= 15 is 0 Å². The molecule has 0 N–H and O–H groups in total. The number of hydrogen-bond donors (Lipinski definition) is 0. The SMILES string of the molecule is CCCCCC(CCC)(CCCC)C(C)C. The van der Waals surface area contributed by atoms with Crippen molar-refractivity contribution in [1.29, 1.82) is 0 Å². The smallest absolute Gasteiger partial charge is 0.0275 e. The molecule has 0 heterocycles. The fourth-order valence-corrected chi connectivity index (χ4v) is 2.99. The number of unbranched alkanes of at least 4 members (excludes halogenated alkanes) is 3. The minimum Gasteiger partial charge on any atom is -0.0654 e. The van der Waals surface area contributed by atoms with E-state index in [2.05, 4.69) is 34.6 Å². The van der Waals surface area contributed by atoms with Gasteiger partial charge in [0.05, 0.1) is 0 Å². The predicted molar refractivity (Wildman–Crippen MR) is 75.8 cm³/mol. The molecule has 0 fully saturated rings. The Labute approximate surface area is 104 Å². The maximum atomic E-state index is 2.44. The second-order valence-corrected chi connectivity index (χ2v) is 5.83. The van der Waals surface area contributed by atoms with Crippen molar-refractivity contribution < 1.29 is 0 Å². The average Bonchev–Trinajstić information content (AvgIpc) is 2.26. The van der Waals surface area contributed by atoms with Crippen molar-refractivity contribution in [2.75, 3.05) is 0 Å². The fourth-order valence-electron chi connectivity index (χ4n) is 2.99. The van der Waals surface area contributed by atoms with Gasteiger partial charge in [-0.1, -0.05) is 73.1 Å². The van der Waals surface area contributed by atoms with Crippen molar-refractivity contribution in [2.45, 2.75) is 92.4 Å². The molecule has 0 bridgehead atoms. The van der Waals surface area contributed by atoms with Crippen molar-refractivity contribution in [3.8, 4) is 0 Å². The highest BCUT2D eigenvalue weighted by Gasteiger charge is 2.31. The summed E-state index contributed by atoms with van der Waals surface area (Å²) < 4.78 is 0. The highest BCUT2D eigenvalue weighted by atomic mass is 14.4. The minimum absolute atomic E-state index is 0.653. The molecule has 0 aromatic carbocycles. The molecule has 0 heteroatoms. The van der Waals surface area contributed by atoms with E-state index in [9.17, 15) is 0 Å². The van der Waals surface area contributed by atoms with Gasteiger partial charge < -0.3 is 0 Å². The molecule has 1 atom stereocenters. The lowest BCUT2D eigenvalue weighted by molar-refractivity contribution is 0.127. The summed E-state index contributed by atoms with van der Waals surface area (Å²) in [5.41, 5.74) is 0.653. The molecule has 0 aliphatic heterocycles. The maximum absolute atomic E-state index is 2.44.